The summed E-state index contributed by atoms with van der Waals surface area (Å²) < 4.78 is 17.6. The van der Waals surface area contributed by atoms with Gasteiger partial charge in [-0.2, -0.15) is 0 Å². The van der Waals surface area contributed by atoms with Crippen LogP contribution in [0.15, 0.2) is 48.5 Å². The Kier molecular flexibility index (Phi) is 6.76. The first-order valence-electron chi connectivity index (χ1n) is 7.95. The molecule has 2 amide bonds. The van der Waals surface area contributed by atoms with Crippen LogP contribution in [-0.2, 0) is 14.3 Å². The molecule has 8 heteroatoms. The number of hydrogen-bond acceptors (Lipinski definition) is 5. The van der Waals surface area contributed by atoms with E-state index >= 15 is 0 Å². The fourth-order valence-electron chi connectivity index (χ4n) is 2.08. The summed E-state index contributed by atoms with van der Waals surface area (Å²) in [5, 5.41) is 4.89. The van der Waals surface area contributed by atoms with Crippen LogP contribution in [0.4, 0.5) is 10.1 Å². The summed E-state index contributed by atoms with van der Waals surface area (Å²) in [7, 11) is 0. The second-order valence-corrected chi connectivity index (χ2v) is 5.53. The number of Topliss-reactive ketones (excluding diaryl/α,β-unsaturated/α-hetero) is 1. The highest BCUT2D eigenvalue weighted by atomic mass is 19.1. The number of carbonyl (C=O) groups is 4. The number of nitrogens with one attached hydrogen (secondary N) is 2. The van der Waals surface area contributed by atoms with Crippen molar-refractivity contribution in [3.8, 4) is 0 Å². The highest BCUT2D eigenvalue weighted by Crippen LogP contribution is 2.10. The van der Waals surface area contributed by atoms with E-state index in [1.54, 1.807) is 12.1 Å². The van der Waals surface area contributed by atoms with Gasteiger partial charge in [0, 0.05) is 23.7 Å². The van der Waals surface area contributed by atoms with Crippen LogP contribution in [-0.4, -0.2) is 36.7 Å². The molecule has 27 heavy (non-hydrogen) atoms. The summed E-state index contributed by atoms with van der Waals surface area (Å²) >= 11 is 0. The normalized spacial score (nSPS) is 10.0. The van der Waals surface area contributed by atoms with Crippen LogP contribution in [0, 0.1) is 5.82 Å². The molecule has 2 N–H and O–H groups in total. The molecule has 0 bridgehead atoms. The van der Waals surface area contributed by atoms with Crippen molar-refractivity contribution in [3.05, 3.63) is 65.5 Å². The topological polar surface area (TPSA) is 102 Å². The van der Waals surface area contributed by atoms with Crippen LogP contribution in [0.2, 0.25) is 0 Å². The van der Waals surface area contributed by atoms with Crippen LogP contribution in [0.5, 0.6) is 0 Å². The van der Waals surface area contributed by atoms with Gasteiger partial charge in [-0.25, -0.2) is 4.39 Å². The van der Waals surface area contributed by atoms with Crippen LogP contribution < -0.4 is 10.6 Å². The lowest BCUT2D eigenvalue weighted by molar-refractivity contribution is -0.141. The zero-order valence-corrected chi connectivity index (χ0v) is 14.5. The molecule has 2 aromatic carbocycles. The first-order valence-corrected chi connectivity index (χ1v) is 7.95. The zero-order valence-electron chi connectivity index (χ0n) is 14.5. The Morgan fingerprint density at radius 2 is 1.52 bits per heavy atom. The third-order valence-corrected chi connectivity index (χ3v) is 3.39. The number of ether oxygens (including phenoxy) is 1. The number of carbonyl (C=O) groups excluding carboxylic acids is 4. The molecule has 0 atom stereocenters. The first kappa shape index (κ1) is 19.8. The molecule has 0 spiro atoms. The number of ketones is 1. The minimum Gasteiger partial charge on any atom is -0.456 e. The minimum atomic E-state index is -0.784. The molecule has 140 valence electrons. The van der Waals surface area contributed by atoms with Gasteiger partial charge >= 0.3 is 5.97 Å². The quantitative estimate of drug-likeness (QED) is 0.571. The van der Waals surface area contributed by atoms with E-state index in [0.29, 0.717) is 11.3 Å². The van der Waals surface area contributed by atoms with Gasteiger partial charge in [0.2, 0.25) is 5.91 Å². The van der Waals surface area contributed by atoms with Gasteiger partial charge in [-0.1, -0.05) is 0 Å². The molecule has 0 aliphatic heterocycles. The lowest BCUT2D eigenvalue weighted by atomic mass is 10.1. The van der Waals surface area contributed by atoms with E-state index in [2.05, 4.69) is 10.6 Å². The van der Waals surface area contributed by atoms with E-state index in [1.807, 2.05) is 0 Å². The van der Waals surface area contributed by atoms with Gasteiger partial charge in [0.25, 0.3) is 5.91 Å². The van der Waals surface area contributed by atoms with Gasteiger partial charge in [0.05, 0.1) is 0 Å². The molecule has 7 nitrogen and oxygen atoms in total. The van der Waals surface area contributed by atoms with E-state index in [4.69, 9.17) is 4.74 Å². The van der Waals surface area contributed by atoms with E-state index in [-0.39, 0.29) is 11.5 Å². The molecule has 2 aromatic rings. The highest BCUT2D eigenvalue weighted by molar-refractivity contribution is 5.99. The van der Waals surface area contributed by atoms with Crippen molar-refractivity contribution < 1.29 is 28.3 Å². The van der Waals surface area contributed by atoms with Crippen molar-refractivity contribution in [2.24, 2.45) is 0 Å². The average molecular weight is 372 g/mol. The van der Waals surface area contributed by atoms with E-state index in [1.165, 1.54) is 31.2 Å². The van der Waals surface area contributed by atoms with Gasteiger partial charge in [-0.15, -0.1) is 0 Å². The van der Waals surface area contributed by atoms with Gasteiger partial charge in [0.15, 0.2) is 12.4 Å². The maximum absolute atomic E-state index is 12.8. The summed E-state index contributed by atoms with van der Waals surface area (Å²) in [5.41, 5.74) is 1.05. The zero-order chi connectivity index (χ0) is 19.8. The first-order chi connectivity index (χ1) is 12.8. The highest BCUT2D eigenvalue weighted by Gasteiger charge is 2.12. The molecular formula is C19H17FN2O5. The van der Waals surface area contributed by atoms with Crippen LogP contribution >= 0.6 is 0 Å². The molecule has 0 aliphatic carbocycles. The van der Waals surface area contributed by atoms with Crippen molar-refractivity contribution in [3.63, 3.8) is 0 Å². The standard InChI is InChI=1S/C19H17FN2O5/c1-12(23)22-16-8-4-13(5-9-16)17(24)11-27-18(25)10-21-19(26)14-2-6-15(20)7-3-14/h2-9H,10-11H2,1H3,(H,21,26)(H,22,23). The fourth-order valence-corrected chi connectivity index (χ4v) is 2.08. The van der Waals surface area contributed by atoms with Gasteiger partial charge in [-0.05, 0) is 48.5 Å². The molecule has 0 saturated carbocycles. The number of halogens is 1. The fraction of sp³-hybridized carbons (Fsp3) is 0.158. The summed E-state index contributed by atoms with van der Waals surface area (Å²) in [5.74, 6) is -2.48. The molecule has 0 aliphatic rings. The number of esters is 1. The third kappa shape index (κ3) is 6.35. The summed E-state index contributed by atoms with van der Waals surface area (Å²) in [6.07, 6.45) is 0. The predicted octanol–water partition coefficient (Wildman–Crippen LogP) is 1.94. The van der Waals surface area contributed by atoms with E-state index in [9.17, 15) is 23.6 Å². The lowest BCUT2D eigenvalue weighted by Gasteiger charge is -2.07. The number of anilines is 1. The second-order valence-electron chi connectivity index (χ2n) is 5.53. The molecule has 0 aromatic heterocycles. The summed E-state index contributed by atoms with van der Waals surface area (Å²) in [6.45, 7) is 0.461. The minimum absolute atomic E-state index is 0.194. The molecular weight excluding hydrogens is 355 g/mol. The van der Waals surface area contributed by atoms with Crippen molar-refractivity contribution >= 4 is 29.3 Å². The average Bonchev–Trinajstić information content (AvgIpc) is 2.65. The number of amides is 2. The van der Waals surface area contributed by atoms with E-state index in [0.717, 1.165) is 12.1 Å². The molecule has 0 saturated heterocycles. The molecule has 0 heterocycles. The van der Waals surface area contributed by atoms with Gasteiger partial charge < -0.3 is 15.4 Å². The SMILES string of the molecule is CC(=O)Nc1ccc(C(=O)COC(=O)CNC(=O)c2ccc(F)cc2)cc1. The van der Waals surface area contributed by atoms with Crippen molar-refractivity contribution in [1.29, 1.82) is 0 Å². The summed E-state index contributed by atoms with van der Waals surface area (Å²) in [4.78, 5) is 46.4. The Bertz CT molecular complexity index is 847. The van der Waals surface area contributed by atoms with Crippen molar-refractivity contribution in [2.75, 3.05) is 18.5 Å². The lowest BCUT2D eigenvalue weighted by Crippen LogP contribution is -2.31. The monoisotopic (exact) mass is 372 g/mol. The maximum Gasteiger partial charge on any atom is 0.325 e. The number of rotatable bonds is 7. The summed E-state index contributed by atoms with van der Waals surface area (Å²) in [6, 6.07) is 10.9. The van der Waals surface area contributed by atoms with Crippen molar-refractivity contribution in [2.45, 2.75) is 6.92 Å². The number of hydrogen-bond donors (Lipinski definition) is 2. The van der Waals surface area contributed by atoms with Crippen molar-refractivity contribution in [1.82, 2.24) is 5.32 Å². The Labute approximate surface area is 154 Å². The Balaban J connectivity index is 1.77. The molecule has 0 fully saturated rings. The maximum atomic E-state index is 12.8. The molecule has 0 radical (unpaired) electrons. The number of benzene rings is 2. The Morgan fingerprint density at radius 1 is 0.926 bits per heavy atom. The second kappa shape index (κ2) is 9.23. The Morgan fingerprint density at radius 3 is 2.11 bits per heavy atom. The smallest absolute Gasteiger partial charge is 0.325 e. The predicted molar refractivity (Wildman–Crippen MR) is 94.8 cm³/mol. The van der Waals surface area contributed by atoms with Crippen LogP contribution in [0.1, 0.15) is 27.6 Å². The third-order valence-electron chi connectivity index (χ3n) is 3.39. The van der Waals surface area contributed by atoms with Crippen LogP contribution in [0.3, 0.4) is 0 Å². The van der Waals surface area contributed by atoms with E-state index < -0.39 is 36.6 Å². The Hall–Kier alpha value is -3.55. The largest absolute Gasteiger partial charge is 0.456 e. The van der Waals surface area contributed by atoms with Gasteiger partial charge in [0.1, 0.15) is 12.4 Å². The molecule has 0 unspecified atom stereocenters. The molecule has 2 rings (SSSR count). The van der Waals surface area contributed by atoms with Gasteiger partial charge in [-0.3, -0.25) is 19.2 Å². The van der Waals surface area contributed by atoms with Crippen LogP contribution in [0.25, 0.3) is 0 Å².